The van der Waals surface area contributed by atoms with E-state index in [-0.39, 0.29) is 17.5 Å². The maximum atomic E-state index is 13.4. The fourth-order valence-corrected chi connectivity index (χ4v) is 5.45. The Kier molecular flexibility index (Phi) is 7.96. The van der Waals surface area contributed by atoms with Crippen molar-refractivity contribution in [3.8, 4) is 11.5 Å². The van der Waals surface area contributed by atoms with Crippen LogP contribution in [0.25, 0.3) is 11.0 Å². The predicted octanol–water partition coefficient (Wildman–Crippen LogP) is 6.01. The van der Waals surface area contributed by atoms with Gasteiger partial charge in [-0.2, -0.15) is 0 Å². The van der Waals surface area contributed by atoms with Crippen LogP contribution in [0.4, 0.5) is 0 Å². The molecule has 208 valence electrons. The second-order valence-electron chi connectivity index (χ2n) is 10.5. The number of carbonyl (C=O) groups is 1. The number of nitrogens with one attached hydrogen (secondary N) is 1. The van der Waals surface area contributed by atoms with Crippen molar-refractivity contribution in [2.24, 2.45) is 0 Å². The van der Waals surface area contributed by atoms with E-state index in [1.54, 1.807) is 6.07 Å². The number of ketones is 1. The van der Waals surface area contributed by atoms with Crippen molar-refractivity contribution in [1.82, 2.24) is 14.5 Å². The molecule has 1 aromatic heterocycles. The van der Waals surface area contributed by atoms with E-state index >= 15 is 0 Å². The minimum Gasteiger partial charge on any atom is -0.485 e. The van der Waals surface area contributed by atoms with Crippen molar-refractivity contribution in [2.75, 3.05) is 19.6 Å². The van der Waals surface area contributed by atoms with E-state index in [9.17, 15) is 9.59 Å². The number of hydrogen-bond donors (Lipinski definition) is 1. The number of piperidine rings is 1. The van der Waals surface area contributed by atoms with Crippen LogP contribution in [0.5, 0.6) is 11.5 Å². The smallest absolute Gasteiger partial charge is 0.326 e. The number of aromatic amines is 1. The Labute approximate surface area is 239 Å². The molecule has 0 bridgehead atoms. The van der Waals surface area contributed by atoms with Crippen LogP contribution < -0.4 is 15.2 Å². The number of ether oxygens (including phenoxy) is 2. The zero-order valence-corrected chi connectivity index (χ0v) is 22.9. The zero-order chi connectivity index (χ0) is 28.0. The maximum absolute atomic E-state index is 13.4. The summed E-state index contributed by atoms with van der Waals surface area (Å²) in [7, 11) is 0. The highest BCUT2D eigenvalue weighted by atomic mass is 16.5. The highest BCUT2D eigenvalue weighted by molar-refractivity contribution is 5.98. The summed E-state index contributed by atoms with van der Waals surface area (Å²) in [4.78, 5) is 31.1. The van der Waals surface area contributed by atoms with Gasteiger partial charge in [0.25, 0.3) is 0 Å². The van der Waals surface area contributed by atoms with E-state index in [1.807, 2.05) is 102 Å². The topological polar surface area (TPSA) is 76.6 Å². The zero-order valence-electron chi connectivity index (χ0n) is 22.9. The van der Waals surface area contributed by atoms with Gasteiger partial charge in [-0.1, -0.05) is 72.8 Å². The van der Waals surface area contributed by atoms with E-state index in [4.69, 9.17) is 9.47 Å². The van der Waals surface area contributed by atoms with Crippen molar-refractivity contribution in [3.63, 3.8) is 0 Å². The summed E-state index contributed by atoms with van der Waals surface area (Å²) in [5.74, 6) is 1.19. The van der Waals surface area contributed by atoms with Crippen LogP contribution in [0.1, 0.15) is 40.4 Å². The molecule has 0 atom stereocenters. The fourth-order valence-electron chi connectivity index (χ4n) is 5.45. The van der Waals surface area contributed by atoms with Crippen LogP contribution in [0, 0.1) is 0 Å². The molecule has 1 aliphatic heterocycles. The summed E-state index contributed by atoms with van der Waals surface area (Å²) in [6, 6.07) is 33.2. The molecule has 7 nitrogen and oxygen atoms in total. The van der Waals surface area contributed by atoms with Gasteiger partial charge in [-0.3, -0.25) is 14.3 Å². The standard InChI is InChI=1S/C34H33N3O4/c38-31(22-36-19-17-28(18-20-36)37-30-14-8-7-13-29(30)35-34(37)39)27-15-16-32(40-23-25-9-3-1-4-10-25)33(21-27)41-24-26-11-5-2-6-12-26/h1-16,21,28H,17-20,22-24H2,(H,35,39). The van der Waals surface area contributed by atoms with Crippen molar-refractivity contribution < 1.29 is 14.3 Å². The number of para-hydroxylation sites is 2. The summed E-state index contributed by atoms with van der Waals surface area (Å²) >= 11 is 0. The Bertz CT molecular complexity index is 1670. The van der Waals surface area contributed by atoms with Crippen LogP contribution >= 0.6 is 0 Å². The number of rotatable bonds is 10. The number of H-pyrrole nitrogens is 1. The Hall–Kier alpha value is -4.62. The maximum Gasteiger partial charge on any atom is 0.326 e. The third-order valence-corrected chi connectivity index (χ3v) is 7.65. The largest absolute Gasteiger partial charge is 0.485 e. The second-order valence-corrected chi connectivity index (χ2v) is 10.5. The molecule has 0 spiro atoms. The minimum atomic E-state index is -0.0710. The van der Waals surface area contributed by atoms with Gasteiger partial charge in [-0.15, -0.1) is 0 Å². The molecule has 1 aliphatic rings. The summed E-state index contributed by atoms with van der Waals surface area (Å²) in [5, 5.41) is 0. The molecule has 1 fully saturated rings. The lowest BCUT2D eigenvalue weighted by molar-refractivity contribution is 0.0897. The number of fused-ring (bicyclic) bond motifs is 1. The Morgan fingerprint density at radius 2 is 1.37 bits per heavy atom. The van der Waals surface area contributed by atoms with Crippen molar-refractivity contribution >= 4 is 16.8 Å². The molecular weight excluding hydrogens is 514 g/mol. The van der Waals surface area contributed by atoms with E-state index in [1.165, 1.54) is 0 Å². The molecule has 0 radical (unpaired) electrons. The molecule has 0 aliphatic carbocycles. The Morgan fingerprint density at radius 3 is 2.05 bits per heavy atom. The van der Waals surface area contributed by atoms with Crippen LogP contribution in [0.2, 0.25) is 0 Å². The van der Waals surface area contributed by atoms with Crippen LogP contribution in [0.15, 0.2) is 108 Å². The first-order chi connectivity index (χ1) is 20.1. The number of benzene rings is 4. The van der Waals surface area contributed by atoms with Gasteiger partial charge in [-0.05, 0) is 54.3 Å². The van der Waals surface area contributed by atoms with Crippen molar-refractivity contribution in [1.29, 1.82) is 0 Å². The number of carbonyl (C=O) groups excluding carboxylic acids is 1. The van der Waals surface area contributed by atoms with E-state index < -0.39 is 0 Å². The lowest BCUT2D eigenvalue weighted by atomic mass is 10.0. The highest BCUT2D eigenvalue weighted by Crippen LogP contribution is 2.31. The molecule has 4 aromatic carbocycles. The van der Waals surface area contributed by atoms with Gasteiger partial charge >= 0.3 is 5.69 Å². The number of imidazole rings is 1. The van der Waals surface area contributed by atoms with Crippen LogP contribution in [0.3, 0.4) is 0 Å². The molecule has 7 heteroatoms. The van der Waals surface area contributed by atoms with Gasteiger partial charge < -0.3 is 14.5 Å². The average Bonchev–Trinajstić information content (AvgIpc) is 3.36. The van der Waals surface area contributed by atoms with Gasteiger partial charge in [0.2, 0.25) is 0 Å². The normalized spacial score (nSPS) is 14.2. The number of Topliss-reactive ketones (excluding diaryl/α,β-unsaturated/α-hetero) is 1. The molecule has 5 aromatic rings. The lowest BCUT2D eigenvalue weighted by Gasteiger charge is -2.32. The molecule has 6 rings (SSSR count). The van der Waals surface area contributed by atoms with Crippen LogP contribution in [-0.4, -0.2) is 39.9 Å². The SMILES string of the molecule is O=C(CN1CCC(n2c(=O)[nH]c3ccccc32)CC1)c1ccc(OCc2ccccc2)c(OCc2ccccc2)c1. The number of aromatic nitrogens is 2. The number of hydrogen-bond acceptors (Lipinski definition) is 5. The molecule has 41 heavy (non-hydrogen) atoms. The molecule has 1 N–H and O–H groups in total. The van der Waals surface area contributed by atoms with Crippen molar-refractivity contribution in [3.05, 3.63) is 130 Å². The lowest BCUT2D eigenvalue weighted by Crippen LogP contribution is -2.39. The average molecular weight is 548 g/mol. The first kappa shape index (κ1) is 26.6. The van der Waals surface area contributed by atoms with E-state index in [0.717, 1.165) is 48.1 Å². The minimum absolute atomic E-state index is 0.0341. The summed E-state index contributed by atoms with van der Waals surface area (Å²) in [6.45, 7) is 2.60. The molecule has 2 heterocycles. The Balaban J connectivity index is 1.12. The second kappa shape index (κ2) is 12.3. The quantitative estimate of drug-likeness (QED) is 0.217. The van der Waals surface area contributed by atoms with E-state index in [0.29, 0.717) is 36.8 Å². The predicted molar refractivity (Wildman–Crippen MR) is 160 cm³/mol. The van der Waals surface area contributed by atoms with Crippen molar-refractivity contribution in [2.45, 2.75) is 32.1 Å². The monoisotopic (exact) mass is 547 g/mol. The van der Waals surface area contributed by atoms with Gasteiger partial charge in [0, 0.05) is 24.7 Å². The van der Waals surface area contributed by atoms with E-state index in [2.05, 4.69) is 9.88 Å². The first-order valence-electron chi connectivity index (χ1n) is 14.1. The fraction of sp³-hybridized carbons (Fsp3) is 0.235. The third kappa shape index (κ3) is 6.26. The van der Waals surface area contributed by atoms with Gasteiger partial charge in [-0.25, -0.2) is 4.79 Å². The first-order valence-corrected chi connectivity index (χ1v) is 14.1. The number of nitrogens with zero attached hydrogens (tertiary/aromatic N) is 2. The van der Waals surface area contributed by atoms with Gasteiger partial charge in [0.15, 0.2) is 17.3 Å². The summed E-state index contributed by atoms with van der Waals surface area (Å²) in [5.41, 5.74) is 4.41. The summed E-state index contributed by atoms with van der Waals surface area (Å²) in [6.07, 6.45) is 1.62. The molecule has 0 amide bonds. The van der Waals surface area contributed by atoms with Gasteiger partial charge in [0.1, 0.15) is 13.2 Å². The molecule has 0 unspecified atom stereocenters. The molecular formula is C34H33N3O4. The Morgan fingerprint density at radius 1 is 0.756 bits per heavy atom. The highest BCUT2D eigenvalue weighted by Gasteiger charge is 2.25. The number of likely N-dealkylation sites (tertiary alicyclic amines) is 1. The molecule has 0 saturated carbocycles. The van der Waals surface area contributed by atoms with Gasteiger partial charge in [0.05, 0.1) is 17.6 Å². The third-order valence-electron chi connectivity index (χ3n) is 7.65. The van der Waals surface area contributed by atoms with Crippen LogP contribution in [-0.2, 0) is 13.2 Å². The summed E-state index contributed by atoms with van der Waals surface area (Å²) < 4.78 is 14.1. The molecule has 1 saturated heterocycles.